The Kier molecular flexibility index (Phi) is 3.95. The van der Waals surface area contributed by atoms with Crippen LogP contribution in [0.25, 0.3) is 0 Å². The molecule has 2 N–H and O–H groups in total. The summed E-state index contributed by atoms with van der Waals surface area (Å²) in [5.41, 5.74) is 0.662. The molecule has 2 rings (SSSR count). The second-order valence-electron chi connectivity index (χ2n) is 3.95. The summed E-state index contributed by atoms with van der Waals surface area (Å²) in [6, 6.07) is 5.00. The number of aromatic carboxylic acids is 1. The zero-order valence-corrected chi connectivity index (χ0v) is 11.2. The van der Waals surface area contributed by atoms with Crippen LogP contribution in [0, 0.1) is 6.92 Å². The summed E-state index contributed by atoms with van der Waals surface area (Å²) >= 11 is 6.04. The smallest absolute Gasteiger partial charge is 0.358 e. The molecule has 0 aliphatic rings. The quantitative estimate of drug-likeness (QED) is 0.906. The molecule has 0 spiro atoms. The minimum absolute atomic E-state index is 0.123. The van der Waals surface area contributed by atoms with Crippen LogP contribution in [0.4, 0.5) is 5.82 Å². The Labute approximate surface area is 119 Å². The molecule has 1 aromatic carbocycles. The van der Waals surface area contributed by atoms with E-state index in [9.17, 15) is 9.59 Å². The zero-order valence-electron chi connectivity index (χ0n) is 10.4. The molecule has 20 heavy (non-hydrogen) atoms. The second-order valence-corrected chi connectivity index (χ2v) is 4.33. The maximum absolute atomic E-state index is 12.1. The van der Waals surface area contributed by atoms with Crippen LogP contribution in [0.15, 0.2) is 30.6 Å². The fourth-order valence-electron chi connectivity index (χ4n) is 1.58. The van der Waals surface area contributed by atoms with E-state index in [1.807, 2.05) is 0 Å². The molecule has 0 radical (unpaired) electrons. The van der Waals surface area contributed by atoms with Crippen molar-refractivity contribution >= 4 is 29.3 Å². The number of nitrogens with zero attached hydrogens (tertiary/aromatic N) is 2. The van der Waals surface area contributed by atoms with E-state index in [2.05, 4.69) is 15.3 Å². The maximum atomic E-state index is 12.1. The highest BCUT2D eigenvalue weighted by Crippen LogP contribution is 2.21. The van der Waals surface area contributed by atoms with E-state index in [0.717, 1.165) is 5.56 Å². The van der Waals surface area contributed by atoms with Crippen molar-refractivity contribution in [2.75, 3.05) is 5.32 Å². The van der Waals surface area contributed by atoms with Crippen LogP contribution in [-0.2, 0) is 0 Å². The SMILES string of the molecule is Cc1cccc(C(=O)Nc2nccnc2C(=O)O)c1Cl. The van der Waals surface area contributed by atoms with E-state index in [1.165, 1.54) is 12.4 Å². The highest BCUT2D eigenvalue weighted by Gasteiger charge is 2.17. The van der Waals surface area contributed by atoms with Crippen LogP contribution in [-0.4, -0.2) is 27.0 Å². The molecule has 2 aromatic rings. The lowest BCUT2D eigenvalue weighted by Crippen LogP contribution is -2.17. The maximum Gasteiger partial charge on any atom is 0.358 e. The molecule has 102 valence electrons. The van der Waals surface area contributed by atoms with Gasteiger partial charge in [-0.2, -0.15) is 0 Å². The number of carboxylic acids is 1. The van der Waals surface area contributed by atoms with Gasteiger partial charge in [-0.3, -0.25) is 4.79 Å². The number of anilines is 1. The molecular formula is C13H10ClN3O3. The van der Waals surface area contributed by atoms with Gasteiger partial charge >= 0.3 is 5.97 Å². The van der Waals surface area contributed by atoms with Crippen LogP contribution >= 0.6 is 11.6 Å². The summed E-state index contributed by atoms with van der Waals surface area (Å²) in [4.78, 5) is 30.5. The monoisotopic (exact) mass is 291 g/mol. The summed E-state index contributed by atoms with van der Waals surface area (Å²) in [5.74, 6) is -1.94. The third kappa shape index (κ3) is 2.75. The molecule has 0 unspecified atom stereocenters. The van der Waals surface area contributed by atoms with Gasteiger partial charge in [0.2, 0.25) is 0 Å². The van der Waals surface area contributed by atoms with E-state index in [-0.39, 0.29) is 17.1 Å². The molecule has 0 aliphatic heterocycles. The van der Waals surface area contributed by atoms with E-state index in [1.54, 1.807) is 25.1 Å². The van der Waals surface area contributed by atoms with Gasteiger partial charge in [0, 0.05) is 12.4 Å². The number of amides is 1. The number of hydrogen-bond donors (Lipinski definition) is 2. The van der Waals surface area contributed by atoms with Gasteiger partial charge in [-0.25, -0.2) is 14.8 Å². The average molecular weight is 292 g/mol. The van der Waals surface area contributed by atoms with Gasteiger partial charge in [0.25, 0.3) is 5.91 Å². The van der Waals surface area contributed by atoms with E-state index >= 15 is 0 Å². The first-order chi connectivity index (χ1) is 9.50. The first-order valence-electron chi connectivity index (χ1n) is 5.61. The summed E-state index contributed by atoms with van der Waals surface area (Å²) in [6.45, 7) is 1.77. The third-order valence-electron chi connectivity index (χ3n) is 2.57. The summed E-state index contributed by atoms with van der Waals surface area (Å²) in [6.07, 6.45) is 2.53. The van der Waals surface area contributed by atoms with Gasteiger partial charge in [0.1, 0.15) is 0 Å². The van der Waals surface area contributed by atoms with Crippen molar-refractivity contribution in [3.63, 3.8) is 0 Å². The zero-order chi connectivity index (χ0) is 14.7. The van der Waals surface area contributed by atoms with Gasteiger partial charge in [-0.15, -0.1) is 0 Å². The van der Waals surface area contributed by atoms with Crippen LogP contribution in [0.5, 0.6) is 0 Å². The topological polar surface area (TPSA) is 92.2 Å². The molecule has 6 nitrogen and oxygen atoms in total. The minimum Gasteiger partial charge on any atom is -0.476 e. The van der Waals surface area contributed by atoms with Gasteiger partial charge in [0.05, 0.1) is 10.6 Å². The van der Waals surface area contributed by atoms with Crippen molar-refractivity contribution in [2.45, 2.75) is 6.92 Å². The molecule has 0 saturated heterocycles. The fraction of sp³-hybridized carbons (Fsp3) is 0.0769. The highest BCUT2D eigenvalue weighted by atomic mass is 35.5. The Bertz CT molecular complexity index is 688. The molecule has 1 amide bonds. The number of carboxylic acid groups (broad SMARTS) is 1. The largest absolute Gasteiger partial charge is 0.476 e. The lowest BCUT2D eigenvalue weighted by molar-refractivity contribution is 0.0691. The van der Waals surface area contributed by atoms with Gasteiger partial charge in [0.15, 0.2) is 11.5 Å². The average Bonchev–Trinajstić information content (AvgIpc) is 2.42. The molecule has 0 fully saturated rings. The van der Waals surface area contributed by atoms with Crippen LogP contribution < -0.4 is 5.32 Å². The highest BCUT2D eigenvalue weighted by molar-refractivity contribution is 6.35. The fourth-order valence-corrected chi connectivity index (χ4v) is 1.80. The van der Waals surface area contributed by atoms with Crippen molar-refractivity contribution in [3.8, 4) is 0 Å². The number of aryl methyl sites for hydroxylation is 1. The summed E-state index contributed by atoms with van der Waals surface area (Å²) in [5, 5.41) is 11.7. The van der Waals surface area contributed by atoms with Crippen molar-refractivity contribution in [3.05, 3.63) is 52.4 Å². The number of rotatable bonds is 3. The number of hydrogen-bond acceptors (Lipinski definition) is 4. The molecular weight excluding hydrogens is 282 g/mol. The number of benzene rings is 1. The summed E-state index contributed by atoms with van der Waals surface area (Å²) in [7, 11) is 0. The predicted molar refractivity (Wildman–Crippen MR) is 73.1 cm³/mol. The van der Waals surface area contributed by atoms with Crippen molar-refractivity contribution in [1.82, 2.24) is 9.97 Å². The molecule has 0 aliphatic carbocycles. The Morgan fingerprint density at radius 1 is 1.25 bits per heavy atom. The van der Waals surface area contributed by atoms with E-state index in [4.69, 9.17) is 16.7 Å². The number of halogens is 1. The minimum atomic E-state index is -1.27. The van der Waals surface area contributed by atoms with Gasteiger partial charge < -0.3 is 10.4 Å². The molecule has 0 bridgehead atoms. The lowest BCUT2D eigenvalue weighted by Gasteiger charge is -2.08. The molecule has 1 heterocycles. The van der Waals surface area contributed by atoms with E-state index in [0.29, 0.717) is 5.02 Å². The standard InChI is InChI=1S/C13H10ClN3O3/c1-7-3-2-4-8(9(7)14)12(18)17-11-10(13(19)20)15-5-6-16-11/h2-6H,1H3,(H,19,20)(H,16,17,18). The van der Waals surface area contributed by atoms with Crippen LogP contribution in [0.3, 0.4) is 0 Å². The Morgan fingerprint density at radius 2 is 1.95 bits per heavy atom. The van der Waals surface area contributed by atoms with Crippen molar-refractivity contribution in [2.24, 2.45) is 0 Å². The molecule has 1 aromatic heterocycles. The van der Waals surface area contributed by atoms with Crippen LogP contribution in [0.2, 0.25) is 5.02 Å². The number of carbonyl (C=O) groups is 2. The first-order valence-corrected chi connectivity index (χ1v) is 5.99. The molecule has 0 atom stereocenters. The normalized spacial score (nSPS) is 10.1. The number of aromatic nitrogens is 2. The third-order valence-corrected chi connectivity index (χ3v) is 3.07. The van der Waals surface area contributed by atoms with Gasteiger partial charge in [-0.05, 0) is 18.6 Å². The lowest BCUT2D eigenvalue weighted by atomic mass is 10.1. The second kappa shape index (κ2) is 5.66. The van der Waals surface area contributed by atoms with Gasteiger partial charge in [-0.1, -0.05) is 23.7 Å². The predicted octanol–water partition coefficient (Wildman–Crippen LogP) is 2.39. The van der Waals surface area contributed by atoms with E-state index < -0.39 is 11.9 Å². The van der Waals surface area contributed by atoms with Crippen molar-refractivity contribution in [1.29, 1.82) is 0 Å². The summed E-state index contributed by atoms with van der Waals surface area (Å²) < 4.78 is 0. The molecule has 0 saturated carbocycles. The van der Waals surface area contributed by atoms with Crippen LogP contribution in [0.1, 0.15) is 26.4 Å². The Hall–Kier alpha value is -2.47. The van der Waals surface area contributed by atoms with Crippen molar-refractivity contribution < 1.29 is 14.7 Å². The molecule has 7 heteroatoms. The first kappa shape index (κ1) is 14.0. The Morgan fingerprint density at radius 3 is 2.65 bits per heavy atom. The Balaban J connectivity index is 2.33. The number of carbonyl (C=O) groups excluding carboxylic acids is 1. The number of nitrogens with one attached hydrogen (secondary N) is 1.